The number of ether oxygens (including phenoxy) is 1. The Morgan fingerprint density at radius 3 is 2.32 bits per heavy atom. The molecule has 0 atom stereocenters. The molecule has 22 heavy (non-hydrogen) atoms. The fraction of sp³-hybridized carbons (Fsp3) is 0.0588. The second-order valence-electron chi connectivity index (χ2n) is 4.81. The maximum absolute atomic E-state index is 9.92. The second-order valence-corrected chi connectivity index (χ2v) is 6.45. The van der Waals surface area contributed by atoms with Crippen LogP contribution in [-0.4, -0.2) is 12.2 Å². The number of methoxy groups -OCH3 is 1. The largest absolute Gasteiger partial charge is 0.505 e. The lowest BCUT2D eigenvalue weighted by Crippen LogP contribution is -1.85. The molecule has 3 aromatic carbocycles. The van der Waals surface area contributed by atoms with Crippen molar-refractivity contribution < 1.29 is 9.84 Å². The smallest absolute Gasteiger partial charge is 0.149 e. The molecule has 0 unspecified atom stereocenters. The van der Waals surface area contributed by atoms with Crippen molar-refractivity contribution in [2.75, 3.05) is 7.11 Å². The minimum absolute atomic E-state index is 0.00624. The minimum Gasteiger partial charge on any atom is -0.505 e. The van der Waals surface area contributed by atoms with Crippen LogP contribution < -0.4 is 4.74 Å². The van der Waals surface area contributed by atoms with Gasteiger partial charge in [0.15, 0.2) is 0 Å². The lowest BCUT2D eigenvalue weighted by atomic mass is 10.0. The van der Waals surface area contributed by atoms with Gasteiger partial charge in [-0.05, 0) is 62.8 Å². The van der Waals surface area contributed by atoms with Crippen LogP contribution >= 0.6 is 39.1 Å². The quantitative estimate of drug-likeness (QED) is 0.550. The average molecular weight is 398 g/mol. The molecule has 0 fully saturated rings. The van der Waals surface area contributed by atoms with Gasteiger partial charge in [-0.3, -0.25) is 0 Å². The maximum atomic E-state index is 9.92. The summed E-state index contributed by atoms with van der Waals surface area (Å²) < 4.78 is 5.70. The zero-order valence-electron chi connectivity index (χ0n) is 11.5. The zero-order valence-corrected chi connectivity index (χ0v) is 14.6. The Kier molecular flexibility index (Phi) is 4.22. The number of phenols is 1. The third-order valence-electron chi connectivity index (χ3n) is 3.48. The summed E-state index contributed by atoms with van der Waals surface area (Å²) >= 11 is 15.9. The van der Waals surface area contributed by atoms with E-state index in [1.54, 1.807) is 13.2 Å². The molecule has 0 aliphatic heterocycles. The van der Waals surface area contributed by atoms with E-state index < -0.39 is 0 Å². The topological polar surface area (TPSA) is 29.5 Å². The molecule has 3 rings (SSSR count). The highest BCUT2D eigenvalue weighted by Crippen LogP contribution is 2.43. The summed E-state index contributed by atoms with van der Waals surface area (Å²) in [4.78, 5) is 0. The van der Waals surface area contributed by atoms with E-state index in [0.29, 0.717) is 14.9 Å². The minimum atomic E-state index is -0.00624. The van der Waals surface area contributed by atoms with Gasteiger partial charge in [0.05, 0.1) is 21.6 Å². The molecule has 5 heteroatoms. The van der Waals surface area contributed by atoms with Gasteiger partial charge in [-0.1, -0.05) is 35.3 Å². The highest BCUT2D eigenvalue weighted by molar-refractivity contribution is 9.10. The van der Waals surface area contributed by atoms with Gasteiger partial charge >= 0.3 is 0 Å². The molecule has 0 spiro atoms. The summed E-state index contributed by atoms with van der Waals surface area (Å²) in [5, 5.41) is 12.2. The highest BCUT2D eigenvalue weighted by Gasteiger charge is 2.14. The fourth-order valence-corrected chi connectivity index (χ4v) is 3.59. The van der Waals surface area contributed by atoms with E-state index in [4.69, 9.17) is 27.9 Å². The number of phenolic OH excluding ortho intramolecular Hbond substituents is 1. The van der Waals surface area contributed by atoms with Crippen LogP contribution in [0.1, 0.15) is 0 Å². The number of rotatable bonds is 2. The Bertz CT molecular complexity index is 861. The van der Waals surface area contributed by atoms with E-state index in [9.17, 15) is 5.11 Å². The normalized spacial score (nSPS) is 10.9. The predicted molar refractivity (Wildman–Crippen MR) is 95.3 cm³/mol. The van der Waals surface area contributed by atoms with Gasteiger partial charge in [0.25, 0.3) is 0 Å². The van der Waals surface area contributed by atoms with Crippen LogP contribution in [0.2, 0.25) is 10.0 Å². The molecule has 112 valence electrons. The van der Waals surface area contributed by atoms with Crippen molar-refractivity contribution in [2.45, 2.75) is 0 Å². The molecule has 0 saturated heterocycles. The monoisotopic (exact) mass is 396 g/mol. The van der Waals surface area contributed by atoms with Gasteiger partial charge in [0.1, 0.15) is 11.5 Å². The molecule has 0 aromatic heterocycles. The van der Waals surface area contributed by atoms with Crippen molar-refractivity contribution in [3.63, 3.8) is 0 Å². The van der Waals surface area contributed by atoms with Gasteiger partial charge in [-0.2, -0.15) is 0 Å². The van der Waals surface area contributed by atoms with Crippen molar-refractivity contribution >= 4 is 49.9 Å². The highest BCUT2D eigenvalue weighted by atomic mass is 79.9. The molecule has 0 bridgehead atoms. The van der Waals surface area contributed by atoms with Gasteiger partial charge in [-0.25, -0.2) is 0 Å². The van der Waals surface area contributed by atoms with Crippen molar-refractivity contribution in [1.82, 2.24) is 0 Å². The van der Waals surface area contributed by atoms with Crippen LogP contribution in [0.15, 0.2) is 46.9 Å². The second kappa shape index (κ2) is 5.99. The van der Waals surface area contributed by atoms with Crippen molar-refractivity contribution in [3.05, 3.63) is 57.0 Å². The van der Waals surface area contributed by atoms with E-state index in [1.165, 1.54) is 0 Å². The molecule has 0 saturated carbocycles. The van der Waals surface area contributed by atoms with Gasteiger partial charge in [-0.15, -0.1) is 0 Å². The first-order valence-electron chi connectivity index (χ1n) is 6.46. The van der Waals surface area contributed by atoms with Gasteiger partial charge in [0, 0.05) is 5.39 Å². The number of benzene rings is 3. The first-order valence-corrected chi connectivity index (χ1v) is 8.01. The van der Waals surface area contributed by atoms with Crippen LogP contribution in [0.25, 0.3) is 21.9 Å². The summed E-state index contributed by atoms with van der Waals surface area (Å²) in [6.07, 6.45) is 0. The van der Waals surface area contributed by atoms with Crippen molar-refractivity contribution in [1.29, 1.82) is 0 Å². The zero-order chi connectivity index (χ0) is 15.9. The molecule has 1 N–H and O–H groups in total. The molecule has 0 aliphatic rings. The van der Waals surface area contributed by atoms with Crippen LogP contribution in [0.4, 0.5) is 0 Å². The molecule has 0 heterocycles. The lowest BCUT2D eigenvalue weighted by Gasteiger charge is -2.11. The maximum Gasteiger partial charge on any atom is 0.149 e. The summed E-state index contributed by atoms with van der Waals surface area (Å²) in [6.45, 7) is 0. The van der Waals surface area contributed by atoms with E-state index in [1.807, 2.05) is 36.4 Å². The SMILES string of the molecule is COc1ccc(-c2cc(Cl)c3c(Cl)c(O)c(Br)cc3c2)cc1. The van der Waals surface area contributed by atoms with E-state index >= 15 is 0 Å². The Balaban J connectivity index is 2.22. The first kappa shape index (κ1) is 15.5. The number of fused-ring (bicyclic) bond motifs is 1. The molecule has 3 aromatic rings. The van der Waals surface area contributed by atoms with Gasteiger partial charge in [0.2, 0.25) is 0 Å². The third kappa shape index (κ3) is 2.65. The molecule has 0 aliphatic carbocycles. The first-order chi connectivity index (χ1) is 10.5. The number of halogens is 3. The number of hydrogen-bond donors (Lipinski definition) is 1. The Morgan fingerprint density at radius 2 is 1.68 bits per heavy atom. The number of hydrogen-bond acceptors (Lipinski definition) is 2. The summed E-state index contributed by atoms with van der Waals surface area (Å²) in [5.41, 5.74) is 1.98. The van der Waals surface area contributed by atoms with Crippen LogP contribution in [-0.2, 0) is 0 Å². The summed E-state index contributed by atoms with van der Waals surface area (Å²) in [5.74, 6) is 0.791. The van der Waals surface area contributed by atoms with Crippen LogP contribution in [0, 0.1) is 0 Å². The summed E-state index contributed by atoms with van der Waals surface area (Å²) in [6, 6.07) is 13.3. The Hall–Kier alpha value is -1.42. The molecular formula is C17H11BrCl2O2. The van der Waals surface area contributed by atoms with Crippen molar-refractivity contribution in [2.24, 2.45) is 0 Å². The summed E-state index contributed by atoms with van der Waals surface area (Å²) in [7, 11) is 1.63. The lowest BCUT2D eigenvalue weighted by molar-refractivity contribution is 0.415. The van der Waals surface area contributed by atoms with E-state index in [0.717, 1.165) is 22.3 Å². The molecule has 0 radical (unpaired) electrons. The standard InChI is InChI=1S/C17H11BrCl2O2/c1-22-12-4-2-9(3-5-12)10-6-11-7-13(18)17(21)16(20)15(11)14(19)8-10/h2-8,21H,1H3. The fourth-order valence-electron chi connectivity index (χ4n) is 2.35. The van der Waals surface area contributed by atoms with Crippen LogP contribution in [0.3, 0.4) is 0 Å². The molecule has 0 amide bonds. The van der Waals surface area contributed by atoms with Gasteiger partial charge < -0.3 is 9.84 Å². The third-order valence-corrected chi connectivity index (χ3v) is 4.75. The van der Waals surface area contributed by atoms with Crippen LogP contribution in [0.5, 0.6) is 11.5 Å². The Labute approximate surface area is 146 Å². The predicted octanol–water partition coefficient (Wildman–Crippen LogP) is 6.29. The average Bonchev–Trinajstić information content (AvgIpc) is 2.52. The molecular weight excluding hydrogens is 387 g/mol. The van der Waals surface area contributed by atoms with E-state index in [2.05, 4.69) is 15.9 Å². The van der Waals surface area contributed by atoms with E-state index in [-0.39, 0.29) is 10.8 Å². The molecule has 2 nitrogen and oxygen atoms in total. The number of aromatic hydroxyl groups is 1. The van der Waals surface area contributed by atoms with Crippen molar-refractivity contribution in [3.8, 4) is 22.6 Å². The Morgan fingerprint density at radius 1 is 1.00 bits per heavy atom.